The third kappa shape index (κ3) is 5.91. The molecule has 27 heavy (non-hydrogen) atoms. The summed E-state index contributed by atoms with van der Waals surface area (Å²) in [6.45, 7) is 1.83. The number of aryl methyl sites for hydroxylation is 1. The van der Waals surface area contributed by atoms with Crippen LogP contribution in [0.4, 0.5) is 0 Å². The lowest BCUT2D eigenvalue weighted by molar-refractivity contribution is 0.414. The van der Waals surface area contributed by atoms with Crippen LogP contribution in [0.1, 0.15) is 5.82 Å². The summed E-state index contributed by atoms with van der Waals surface area (Å²) in [6.07, 6.45) is 0. The zero-order chi connectivity index (χ0) is 18.9. The topological polar surface area (TPSA) is 69.2 Å². The van der Waals surface area contributed by atoms with Crippen LogP contribution in [-0.4, -0.2) is 43.5 Å². The predicted octanol–water partition coefficient (Wildman–Crippen LogP) is 3.79. The Kier molecular flexibility index (Phi) is 9.19. The van der Waals surface area contributed by atoms with Crippen molar-refractivity contribution in [2.75, 3.05) is 28.3 Å². The average Bonchev–Trinajstić information content (AvgIpc) is 2.69. The molecule has 1 heterocycles. The number of rotatable bonds is 4. The number of hydrogen-bond donors (Lipinski definition) is 1. The fourth-order valence-electron chi connectivity index (χ4n) is 2.30. The molecule has 0 amide bonds. The second kappa shape index (κ2) is 11.1. The number of methoxy groups -OCH3 is 2. The molecule has 2 aromatic carbocycles. The highest BCUT2D eigenvalue weighted by molar-refractivity contribution is 5.85. The second-order valence-corrected chi connectivity index (χ2v) is 5.51. The summed E-state index contributed by atoms with van der Waals surface area (Å²) in [4.78, 5) is 4.57. The second-order valence-electron chi connectivity index (χ2n) is 5.51. The van der Waals surface area contributed by atoms with Crippen LogP contribution in [0.2, 0.25) is 0 Å². The summed E-state index contributed by atoms with van der Waals surface area (Å²) < 4.78 is 10.4. The van der Waals surface area contributed by atoms with Crippen molar-refractivity contribution >= 4 is 12.4 Å². The van der Waals surface area contributed by atoms with Gasteiger partial charge in [-0.15, -0.1) is 22.6 Å². The first-order valence-corrected chi connectivity index (χ1v) is 8.21. The van der Waals surface area contributed by atoms with E-state index in [1.54, 1.807) is 14.2 Å². The Morgan fingerprint density at radius 3 is 1.52 bits per heavy atom. The van der Waals surface area contributed by atoms with E-state index >= 15 is 0 Å². The quantitative estimate of drug-likeness (QED) is 0.733. The van der Waals surface area contributed by atoms with Crippen molar-refractivity contribution < 1.29 is 9.47 Å². The third-order valence-corrected chi connectivity index (χ3v) is 3.52. The summed E-state index contributed by atoms with van der Waals surface area (Å²) in [5.74, 6) is 2.24. The number of halogens is 1. The molecule has 1 N–H and O–H groups in total. The van der Waals surface area contributed by atoms with Crippen LogP contribution in [-0.2, 0) is 0 Å². The SMILES string of the molecule is CNC.COc1ccc(-c2nnc(C)nc2-c2ccc(OC)cc2)cc1.Cl. The molecule has 0 aliphatic heterocycles. The lowest BCUT2D eigenvalue weighted by atomic mass is 10.0. The highest BCUT2D eigenvalue weighted by Crippen LogP contribution is 2.30. The molecule has 0 spiro atoms. The average molecular weight is 389 g/mol. The van der Waals surface area contributed by atoms with Crippen molar-refractivity contribution in [1.82, 2.24) is 20.5 Å². The molecule has 7 heteroatoms. The molecular formula is C20H25ClN4O2. The summed E-state index contributed by atoms with van der Waals surface area (Å²) in [5.41, 5.74) is 3.44. The first kappa shape index (κ1) is 22.3. The van der Waals surface area contributed by atoms with Crippen LogP contribution < -0.4 is 14.8 Å². The molecular weight excluding hydrogens is 364 g/mol. The smallest absolute Gasteiger partial charge is 0.148 e. The summed E-state index contributed by atoms with van der Waals surface area (Å²) >= 11 is 0. The van der Waals surface area contributed by atoms with Crippen LogP contribution in [0.25, 0.3) is 22.5 Å². The molecule has 0 saturated carbocycles. The van der Waals surface area contributed by atoms with Gasteiger partial charge in [-0.05, 0) is 69.6 Å². The highest BCUT2D eigenvalue weighted by Gasteiger charge is 2.12. The van der Waals surface area contributed by atoms with Crippen molar-refractivity contribution in [1.29, 1.82) is 0 Å². The highest BCUT2D eigenvalue weighted by atomic mass is 35.5. The fraction of sp³-hybridized carbons (Fsp3) is 0.250. The summed E-state index contributed by atoms with van der Waals surface area (Å²) in [6, 6.07) is 15.4. The van der Waals surface area contributed by atoms with Crippen molar-refractivity contribution in [3.05, 3.63) is 54.4 Å². The van der Waals surface area contributed by atoms with E-state index in [0.717, 1.165) is 34.0 Å². The van der Waals surface area contributed by atoms with E-state index in [-0.39, 0.29) is 12.4 Å². The van der Waals surface area contributed by atoms with Crippen molar-refractivity contribution in [3.8, 4) is 34.0 Å². The minimum absolute atomic E-state index is 0. The third-order valence-electron chi connectivity index (χ3n) is 3.52. The normalized spacial score (nSPS) is 9.52. The zero-order valence-corrected chi connectivity index (χ0v) is 17.0. The molecule has 3 rings (SSSR count). The number of ether oxygens (including phenoxy) is 2. The van der Waals surface area contributed by atoms with E-state index in [2.05, 4.69) is 20.5 Å². The van der Waals surface area contributed by atoms with E-state index in [0.29, 0.717) is 5.82 Å². The lowest BCUT2D eigenvalue weighted by Crippen LogP contribution is -1.99. The Balaban J connectivity index is 0.000000855. The van der Waals surface area contributed by atoms with Gasteiger partial charge >= 0.3 is 0 Å². The molecule has 1 aromatic heterocycles. The molecule has 0 atom stereocenters. The largest absolute Gasteiger partial charge is 0.497 e. The molecule has 144 valence electrons. The van der Waals surface area contributed by atoms with Gasteiger partial charge in [0.2, 0.25) is 0 Å². The summed E-state index contributed by atoms with van der Waals surface area (Å²) in [5, 5.41) is 11.2. The van der Waals surface area contributed by atoms with Gasteiger partial charge < -0.3 is 14.8 Å². The van der Waals surface area contributed by atoms with Crippen molar-refractivity contribution in [3.63, 3.8) is 0 Å². The molecule has 0 aliphatic carbocycles. The number of nitrogens with one attached hydrogen (secondary N) is 1. The molecule has 0 radical (unpaired) electrons. The molecule has 3 aromatic rings. The van der Waals surface area contributed by atoms with Crippen LogP contribution in [0.3, 0.4) is 0 Å². The molecule has 0 aliphatic rings. The van der Waals surface area contributed by atoms with Gasteiger partial charge in [-0.3, -0.25) is 0 Å². The van der Waals surface area contributed by atoms with E-state index in [4.69, 9.17) is 9.47 Å². The van der Waals surface area contributed by atoms with E-state index in [1.807, 2.05) is 69.6 Å². The molecule has 0 bridgehead atoms. The van der Waals surface area contributed by atoms with E-state index in [9.17, 15) is 0 Å². The Labute approximate surface area is 166 Å². The van der Waals surface area contributed by atoms with Crippen molar-refractivity contribution in [2.24, 2.45) is 0 Å². The Hall–Kier alpha value is -2.70. The molecule has 6 nitrogen and oxygen atoms in total. The fourth-order valence-corrected chi connectivity index (χ4v) is 2.30. The molecule has 0 saturated heterocycles. The number of nitrogens with zero attached hydrogens (tertiary/aromatic N) is 3. The van der Waals surface area contributed by atoms with Gasteiger partial charge in [0, 0.05) is 11.1 Å². The molecule has 0 unspecified atom stereocenters. The van der Waals surface area contributed by atoms with E-state index in [1.165, 1.54) is 0 Å². The van der Waals surface area contributed by atoms with Gasteiger partial charge in [0.25, 0.3) is 0 Å². The van der Waals surface area contributed by atoms with Gasteiger partial charge in [-0.25, -0.2) is 4.98 Å². The van der Waals surface area contributed by atoms with Crippen LogP contribution in [0.15, 0.2) is 48.5 Å². The number of hydrogen-bond acceptors (Lipinski definition) is 6. The minimum Gasteiger partial charge on any atom is -0.497 e. The van der Waals surface area contributed by atoms with Gasteiger partial charge in [0.15, 0.2) is 0 Å². The maximum absolute atomic E-state index is 5.21. The lowest BCUT2D eigenvalue weighted by Gasteiger charge is -2.09. The Morgan fingerprint density at radius 2 is 1.11 bits per heavy atom. The first-order valence-electron chi connectivity index (χ1n) is 8.21. The van der Waals surface area contributed by atoms with Crippen LogP contribution >= 0.6 is 12.4 Å². The number of benzene rings is 2. The maximum atomic E-state index is 5.21. The Bertz CT molecular complexity index is 824. The van der Waals surface area contributed by atoms with Gasteiger partial charge in [0.1, 0.15) is 28.7 Å². The van der Waals surface area contributed by atoms with Gasteiger partial charge in [-0.1, -0.05) is 0 Å². The summed E-state index contributed by atoms with van der Waals surface area (Å²) in [7, 11) is 7.04. The maximum Gasteiger partial charge on any atom is 0.148 e. The van der Waals surface area contributed by atoms with Crippen LogP contribution in [0.5, 0.6) is 11.5 Å². The van der Waals surface area contributed by atoms with Crippen molar-refractivity contribution in [2.45, 2.75) is 6.92 Å². The van der Waals surface area contributed by atoms with Gasteiger partial charge in [0.05, 0.1) is 14.2 Å². The number of aromatic nitrogens is 3. The Morgan fingerprint density at radius 1 is 0.704 bits per heavy atom. The van der Waals surface area contributed by atoms with Crippen LogP contribution in [0, 0.1) is 6.92 Å². The predicted molar refractivity (Wildman–Crippen MR) is 111 cm³/mol. The standard InChI is InChI=1S/C18H17N3O2.C2H7N.ClH/c1-12-19-17(13-4-8-15(22-2)9-5-13)18(21-20-12)14-6-10-16(23-3)11-7-14;1-3-2;/h4-11H,1-3H3;3H,1-2H3;1H. The minimum atomic E-state index is 0. The first-order chi connectivity index (χ1) is 12.6. The monoisotopic (exact) mass is 388 g/mol. The zero-order valence-electron chi connectivity index (χ0n) is 16.2. The van der Waals surface area contributed by atoms with E-state index < -0.39 is 0 Å². The van der Waals surface area contributed by atoms with Gasteiger partial charge in [-0.2, -0.15) is 0 Å². The molecule has 0 fully saturated rings.